The van der Waals surface area contributed by atoms with Crippen molar-refractivity contribution >= 4 is 23.8 Å². The Morgan fingerprint density at radius 1 is 1.19 bits per heavy atom. The number of carbonyl (C=O) groups excluding carboxylic acids is 4. The number of carbonyl (C=O) groups is 4. The fraction of sp³-hybridized carbons (Fsp3) is 0.444. The van der Waals surface area contributed by atoms with Crippen molar-refractivity contribution in [1.82, 2.24) is 10.6 Å². The van der Waals surface area contributed by atoms with Gasteiger partial charge in [0, 0.05) is 5.56 Å². The molecule has 8 nitrogen and oxygen atoms in total. The Kier molecular flexibility index (Phi) is 8.91. The summed E-state index contributed by atoms with van der Waals surface area (Å²) in [5, 5.41) is 4.69. The maximum atomic E-state index is 13.1. The lowest BCUT2D eigenvalue weighted by Gasteiger charge is -2.18. The number of esters is 2. The van der Waals surface area contributed by atoms with Crippen molar-refractivity contribution in [1.29, 1.82) is 0 Å². The van der Waals surface area contributed by atoms with E-state index in [1.165, 1.54) is 25.3 Å². The summed E-state index contributed by atoms with van der Waals surface area (Å²) in [6.07, 6.45) is 0.371. The van der Waals surface area contributed by atoms with Crippen LogP contribution in [-0.2, 0) is 23.9 Å². The minimum atomic E-state index is -0.853. The second kappa shape index (κ2) is 10.9. The van der Waals surface area contributed by atoms with Gasteiger partial charge >= 0.3 is 11.9 Å². The number of rotatable bonds is 9. The van der Waals surface area contributed by atoms with Gasteiger partial charge in [-0.15, -0.1) is 0 Å². The van der Waals surface area contributed by atoms with E-state index in [0.29, 0.717) is 6.42 Å². The Morgan fingerprint density at radius 2 is 1.89 bits per heavy atom. The summed E-state index contributed by atoms with van der Waals surface area (Å²) in [5.41, 5.74) is 0.0511. The Labute approximate surface area is 156 Å². The molecule has 9 heteroatoms. The van der Waals surface area contributed by atoms with Crippen LogP contribution in [0.5, 0.6) is 0 Å². The number of benzene rings is 1. The van der Waals surface area contributed by atoms with E-state index in [-0.39, 0.29) is 11.5 Å². The molecule has 0 bridgehead atoms. The molecule has 0 aliphatic heterocycles. The molecule has 1 aromatic carbocycles. The topological polar surface area (TPSA) is 111 Å². The first-order valence-electron chi connectivity index (χ1n) is 8.29. The highest BCUT2D eigenvalue weighted by Crippen LogP contribution is 2.06. The molecule has 0 saturated carbocycles. The molecule has 1 aromatic rings. The number of ether oxygens (including phenoxy) is 2. The maximum Gasteiger partial charge on any atom is 0.328 e. The smallest absolute Gasteiger partial charge is 0.328 e. The van der Waals surface area contributed by atoms with E-state index in [9.17, 15) is 23.6 Å². The van der Waals surface area contributed by atoms with Gasteiger partial charge in [0.1, 0.15) is 18.4 Å². The van der Waals surface area contributed by atoms with E-state index in [1.807, 2.05) is 13.8 Å². The van der Waals surface area contributed by atoms with E-state index >= 15 is 0 Å². The summed E-state index contributed by atoms with van der Waals surface area (Å²) in [6.45, 7) is 2.65. The van der Waals surface area contributed by atoms with E-state index in [4.69, 9.17) is 4.74 Å². The molecule has 2 N–H and O–H groups in total. The average Bonchev–Trinajstić information content (AvgIpc) is 2.62. The molecule has 1 atom stereocenters. The summed E-state index contributed by atoms with van der Waals surface area (Å²) < 4.78 is 22.4. The van der Waals surface area contributed by atoms with Crippen LogP contribution in [0, 0.1) is 11.7 Å². The highest BCUT2D eigenvalue weighted by Gasteiger charge is 2.23. The molecule has 1 rings (SSSR count). The number of hydrogen-bond acceptors (Lipinski definition) is 6. The highest BCUT2D eigenvalue weighted by atomic mass is 19.1. The van der Waals surface area contributed by atoms with Gasteiger partial charge in [-0.25, -0.2) is 9.18 Å². The lowest BCUT2D eigenvalue weighted by molar-refractivity contribution is -0.149. The van der Waals surface area contributed by atoms with Crippen molar-refractivity contribution in [2.24, 2.45) is 5.92 Å². The summed E-state index contributed by atoms with van der Waals surface area (Å²) in [6, 6.07) is 4.12. The molecule has 0 saturated heterocycles. The van der Waals surface area contributed by atoms with E-state index in [0.717, 1.165) is 6.07 Å². The Balaban J connectivity index is 2.41. The van der Waals surface area contributed by atoms with Gasteiger partial charge in [0.25, 0.3) is 11.8 Å². The molecule has 2 amide bonds. The normalized spacial score (nSPS) is 11.4. The van der Waals surface area contributed by atoms with Crippen LogP contribution in [0.2, 0.25) is 0 Å². The SMILES string of the molecule is COC(=O)[C@H](CC(C)C)NC(=O)COC(=O)CNC(=O)c1cccc(F)c1. The monoisotopic (exact) mass is 382 g/mol. The molecular formula is C18H23FN2O6. The van der Waals surface area contributed by atoms with Gasteiger partial charge in [0.15, 0.2) is 6.61 Å². The molecule has 148 valence electrons. The largest absolute Gasteiger partial charge is 0.467 e. The van der Waals surface area contributed by atoms with Crippen LogP contribution in [0.15, 0.2) is 24.3 Å². The first-order valence-corrected chi connectivity index (χ1v) is 8.29. The number of nitrogens with one attached hydrogen (secondary N) is 2. The third-order valence-corrected chi connectivity index (χ3v) is 3.37. The molecule has 27 heavy (non-hydrogen) atoms. The lowest BCUT2D eigenvalue weighted by atomic mass is 10.0. The summed E-state index contributed by atoms with van der Waals surface area (Å²) >= 11 is 0. The van der Waals surface area contributed by atoms with E-state index in [1.54, 1.807) is 0 Å². The fourth-order valence-corrected chi connectivity index (χ4v) is 2.15. The minimum absolute atomic E-state index is 0.0511. The van der Waals surface area contributed by atoms with Gasteiger partial charge in [-0.1, -0.05) is 19.9 Å². The van der Waals surface area contributed by atoms with Gasteiger partial charge in [-0.2, -0.15) is 0 Å². The summed E-state index contributed by atoms with van der Waals surface area (Å²) in [4.78, 5) is 46.9. The Bertz CT molecular complexity index is 692. The van der Waals surface area contributed by atoms with Gasteiger partial charge in [-0.3, -0.25) is 14.4 Å². The predicted octanol–water partition coefficient (Wildman–Crippen LogP) is 0.803. The second-order valence-electron chi connectivity index (χ2n) is 6.13. The van der Waals surface area contributed by atoms with Crippen molar-refractivity contribution in [2.45, 2.75) is 26.3 Å². The first-order chi connectivity index (χ1) is 12.7. The van der Waals surface area contributed by atoms with Gasteiger partial charge in [-0.05, 0) is 30.5 Å². The molecule has 0 aliphatic rings. The van der Waals surface area contributed by atoms with Gasteiger partial charge < -0.3 is 20.1 Å². The summed E-state index contributed by atoms with van der Waals surface area (Å²) in [5.74, 6) is -3.22. The van der Waals surface area contributed by atoms with Crippen LogP contribution < -0.4 is 10.6 Å². The van der Waals surface area contributed by atoms with Gasteiger partial charge in [0.05, 0.1) is 7.11 Å². The molecule has 0 heterocycles. The van der Waals surface area contributed by atoms with Crippen molar-refractivity contribution < 1.29 is 33.0 Å². The number of amides is 2. The molecule has 0 aromatic heterocycles. The standard InChI is InChI=1S/C18H23FN2O6/c1-11(2)7-14(18(25)26-3)21-15(22)10-27-16(23)9-20-17(24)12-5-4-6-13(19)8-12/h4-6,8,11,14H,7,9-10H2,1-3H3,(H,20,24)(H,21,22)/t14-/m0/s1. The zero-order valence-corrected chi connectivity index (χ0v) is 15.4. The van der Waals surface area contributed by atoms with Crippen LogP contribution in [0.3, 0.4) is 0 Å². The molecule has 0 aliphatic carbocycles. The van der Waals surface area contributed by atoms with E-state index in [2.05, 4.69) is 15.4 Å². The van der Waals surface area contributed by atoms with Crippen LogP contribution in [0.1, 0.15) is 30.6 Å². The zero-order chi connectivity index (χ0) is 20.4. The quantitative estimate of drug-likeness (QED) is 0.612. The maximum absolute atomic E-state index is 13.1. The molecule has 0 spiro atoms. The zero-order valence-electron chi connectivity index (χ0n) is 15.4. The van der Waals surface area contributed by atoms with Crippen LogP contribution in [0.25, 0.3) is 0 Å². The average molecular weight is 382 g/mol. The lowest BCUT2D eigenvalue weighted by Crippen LogP contribution is -2.44. The third kappa shape index (κ3) is 8.30. The fourth-order valence-electron chi connectivity index (χ4n) is 2.15. The predicted molar refractivity (Wildman–Crippen MR) is 93.1 cm³/mol. The van der Waals surface area contributed by atoms with Crippen LogP contribution in [0.4, 0.5) is 4.39 Å². The van der Waals surface area contributed by atoms with Crippen molar-refractivity contribution in [3.8, 4) is 0 Å². The molecule has 0 radical (unpaired) electrons. The Morgan fingerprint density at radius 3 is 2.48 bits per heavy atom. The van der Waals surface area contributed by atoms with Crippen LogP contribution in [-0.4, -0.2) is 50.1 Å². The summed E-state index contributed by atoms with van der Waals surface area (Å²) in [7, 11) is 1.21. The van der Waals surface area contributed by atoms with Crippen molar-refractivity contribution in [3.63, 3.8) is 0 Å². The third-order valence-electron chi connectivity index (χ3n) is 3.37. The Hall–Kier alpha value is -2.97. The number of methoxy groups -OCH3 is 1. The molecule has 0 fully saturated rings. The van der Waals surface area contributed by atoms with Crippen LogP contribution >= 0.6 is 0 Å². The molecule has 0 unspecified atom stereocenters. The second-order valence-corrected chi connectivity index (χ2v) is 6.13. The highest BCUT2D eigenvalue weighted by molar-refractivity contribution is 5.96. The number of halogens is 1. The minimum Gasteiger partial charge on any atom is -0.467 e. The van der Waals surface area contributed by atoms with Crippen molar-refractivity contribution in [2.75, 3.05) is 20.3 Å². The molecular weight excluding hydrogens is 359 g/mol. The van der Waals surface area contributed by atoms with Gasteiger partial charge in [0.2, 0.25) is 0 Å². The first kappa shape index (κ1) is 22.1. The van der Waals surface area contributed by atoms with Crippen molar-refractivity contribution in [3.05, 3.63) is 35.6 Å². The van der Waals surface area contributed by atoms with E-state index < -0.39 is 48.8 Å². The number of hydrogen-bond donors (Lipinski definition) is 2.